The van der Waals surface area contributed by atoms with E-state index in [1.807, 2.05) is 49.2 Å². The second-order valence-corrected chi connectivity index (χ2v) is 8.03. The average Bonchev–Trinajstić information content (AvgIpc) is 2.66. The molecule has 3 rings (SSSR count). The van der Waals surface area contributed by atoms with Crippen molar-refractivity contribution in [1.29, 1.82) is 0 Å². The molecule has 142 valence electrons. The Morgan fingerprint density at radius 3 is 2.48 bits per heavy atom. The number of anilines is 1. The van der Waals surface area contributed by atoms with E-state index in [-0.39, 0.29) is 28.4 Å². The van der Waals surface area contributed by atoms with Crippen LogP contribution in [0.15, 0.2) is 63.0 Å². The fourth-order valence-corrected chi connectivity index (χ4v) is 3.83. The summed E-state index contributed by atoms with van der Waals surface area (Å²) in [5.41, 5.74) is -0.0211. The number of hydrogen-bond acceptors (Lipinski definition) is 5. The zero-order valence-corrected chi connectivity index (χ0v) is 15.7. The van der Waals surface area contributed by atoms with Crippen molar-refractivity contribution in [2.45, 2.75) is 17.9 Å². The smallest absolute Gasteiger partial charge is 0.326 e. The second-order valence-electron chi connectivity index (χ2n) is 6.26. The maximum Gasteiger partial charge on any atom is 0.326 e. The van der Waals surface area contributed by atoms with Gasteiger partial charge in [-0.05, 0) is 37.3 Å². The van der Waals surface area contributed by atoms with Gasteiger partial charge in [-0.25, -0.2) is 17.9 Å². The van der Waals surface area contributed by atoms with Gasteiger partial charge in [-0.1, -0.05) is 18.2 Å². The minimum Gasteiger partial charge on any atom is -0.371 e. The molecule has 27 heavy (non-hydrogen) atoms. The molecule has 0 saturated carbocycles. The minimum atomic E-state index is -3.81. The molecule has 0 spiro atoms. The zero-order valence-electron chi connectivity index (χ0n) is 14.9. The fraction of sp³-hybridized carbons (Fsp3) is 0.222. The average molecular weight is 388 g/mol. The van der Waals surface area contributed by atoms with E-state index in [4.69, 9.17) is 0 Å². The third kappa shape index (κ3) is 4.09. The zero-order chi connectivity index (χ0) is 19.6. The lowest BCUT2D eigenvalue weighted by atomic mass is 10.2. The number of nitrogens with zero attached hydrogens (tertiary/aromatic N) is 1. The van der Waals surface area contributed by atoms with Crippen LogP contribution in [0.5, 0.6) is 0 Å². The van der Waals surface area contributed by atoms with Crippen LogP contribution in [0.3, 0.4) is 0 Å². The highest BCUT2D eigenvalue weighted by molar-refractivity contribution is 7.89. The summed E-state index contributed by atoms with van der Waals surface area (Å²) in [6, 6.07) is 13.5. The van der Waals surface area contributed by atoms with Crippen LogP contribution in [0.2, 0.25) is 0 Å². The third-order valence-electron chi connectivity index (χ3n) is 4.41. The maximum atomic E-state index is 12.6. The number of para-hydroxylation sites is 1. The summed E-state index contributed by atoms with van der Waals surface area (Å²) >= 11 is 0. The third-order valence-corrected chi connectivity index (χ3v) is 5.84. The van der Waals surface area contributed by atoms with Crippen LogP contribution >= 0.6 is 0 Å². The highest BCUT2D eigenvalue weighted by atomic mass is 32.2. The molecular weight excluding hydrogens is 368 g/mol. The van der Waals surface area contributed by atoms with Crippen molar-refractivity contribution in [3.8, 4) is 0 Å². The van der Waals surface area contributed by atoms with Gasteiger partial charge in [-0.3, -0.25) is 9.78 Å². The molecule has 0 fully saturated rings. The molecule has 0 saturated heterocycles. The summed E-state index contributed by atoms with van der Waals surface area (Å²) in [6.07, 6.45) is 0. The molecule has 9 heteroatoms. The minimum absolute atomic E-state index is 0.0397. The molecule has 3 aromatic rings. The van der Waals surface area contributed by atoms with E-state index in [1.165, 1.54) is 18.2 Å². The van der Waals surface area contributed by atoms with Crippen LogP contribution in [-0.2, 0) is 10.0 Å². The summed E-state index contributed by atoms with van der Waals surface area (Å²) in [6.45, 7) is 2.10. The molecule has 2 aromatic carbocycles. The fourth-order valence-electron chi connectivity index (χ4n) is 2.68. The molecule has 1 unspecified atom stereocenters. The predicted octanol–water partition coefficient (Wildman–Crippen LogP) is 1.02. The monoisotopic (exact) mass is 388 g/mol. The molecule has 0 radical (unpaired) electrons. The van der Waals surface area contributed by atoms with Crippen molar-refractivity contribution in [2.75, 3.05) is 18.5 Å². The quantitative estimate of drug-likeness (QED) is 0.583. The molecule has 0 aliphatic heterocycles. The van der Waals surface area contributed by atoms with Gasteiger partial charge in [0.25, 0.3) is 5.56 Å². The first-order valence-electron chi connectivity index (χ1n) is 8.32. The van der Waals surface area contributed by atoms with E-state index in [0.717, 1.165) is 5.69 Å². The van der Waals surface area contributed by atoms with Gasteiger partial charge in [-0.15, -0.1) is 0 Å². The molecule has 8 nitrogen and oxygen atoms in total. The van der Waals surface area contributed by atoms with Crippen LogP contribution in [0, 0.1) is 0 Å². The van der Waals surface area contributed by atoms with Crippen LogP contribution in [-0.4, -0.2) is 38.0 Å². The Kier molecular flexibility index (Phi) is 5.15. The van der Waals surface area contributed by atoms with E-state index in [1.54, 1.807) is 0 Å². The number of sulfonamides is 1. The number of aromatic amines is 2. The number of nitrogens with one attached hydrogen (secondary N) is 3. The van der Waals surface area contributed by atoms with Crippen LogP contribution < -0.4 is 20.9 Å². The normalized spacial score (nSPS) is 12.8. The first-order chi connectivity index (χ1) is 12.8. The second kappa shape index (κ2) is 7.37. The number of benzene rings is 2. The van der Waals surface area contributed by atoms with Gasteiger partial charge in [0.2, 0.25) is 10.0 Å². The number of aromatic nitrogens is 2. The Bertz CT molecular complexity index is 1170. The SMILES string of the molecule is CC(CNS(=O)(=O)c1ccc2[nH]c(=O)[nH]c(=O)c2c1)N(C)c1ccccc1. The van der Waals surface area contributed by atoms with Gasteiger partial charge < -0.3 is 9.88 Å². The Balaban J connectivity index is 1.79. The van der Waals surface area contributed by atoms with Gasteiger partial charge in [0.05, 0.1) is 15.8 Å². The number of likely N-dealkylation sites (N-methyl/N-ethyl adjacent to an activating group) is 1. The predicted molar refractivity (Wildman–Crippen MR) is 105 cm³/mol. The number of fused-ring (bicyclic) bond motifs is 1. The van der Waals surface area contributed by atoms with Crippen molar-refractivity contribution in [3.05, 3.63) is 69.4 Å². The van der Waals surface area contributed by atoms with Gasteiger partial charge in [-0.2, -0.15) is 0 Å². The summed E-state index contributed by atoms with van der Waals surface area (Å²) in [4.78, 5) is 29.7. The Labute approximate surface area is 155 Å². The number of hydrogen-bond donors (Lipinski definition) is 3. The first-order valence-corrected chi connectivity index (χ1v) is 9.80. The van der Waals surface area contributed by atoms with E-state index >= 15 is 0 Å². The molecule has 1 atom stereocenters. The molecule has 1 aromatic heterocycles. The highest BCUT2D eigenvalue weighted by Gasteiger charge is 2.18. The Morgan fingerprint density at radius 1 is 1.07 bits per heavy atom. The molecule has 1 heterocycles. The van der Waals surface area contributed by atoms with Crippen molar-refractivity contribution >= 4 is 26.6 Å². The lowest BCUT2D eigenvalue weighted by molar-refractivity contribution is 0.570. The molecule has 3 N–H and O–H groups in total. The van der Waals surface area contributed by atoms with Gasteiger partial charge >= 0.3 is 5.69 Å². The first kappa shape index (κ1) is 18.9. The standard InChI is InChI=1S/C18H20N4O4S/c1-12(22(2)13-6-4-3-5-7-13)11-19-27(25,26)14-8-9-16-15(10-14)17(23)21-18(24)20-16/h3-10,12,19H,11H2,1-2H3,(H2,20,21,23,24). The van der Waals surface area contributed by atoms with Gasteiger partial charge in [0, 0.05) is 25.3 Å². The van der Waals surface area contributed by atoms with Crippen molar-refractivity contribution < 1.29 is 8.42 Å². The van der Waals surface area contributed by atoms with Crippen molar-refractivity contribution in [1.82, 2.24) is 14.7 Å². The lowest BCUT2D eigenvalue weighted by Gasteiger charge is -2.27. The Morgan fingerprint density at radius 2 is 1.78 bits per heavy atom. The van der Waals surface area contributed by atoms with Crippen molar-refractivity contribution in [2.24, 2.45) is 0 Å². The summed E-state index contributed by atoms with van der Waals surface area (Å²) in [7, 11) is -1.92. The van der Waals surface area contributed by atoms with E-state index in [9.17, 15) is 18.0 Å². The van der Waals surface area contributed by atoms with Crippen LogP contribution in [0.1, 0.15) is 6.92 Å². The summed E-state index contributed by atoms with van der Waals surface area (Å²) in [5, 5.41) is 0.104. The van der Waals surface area contributed by atoms with Crippen LogP contribution in [0.25, 0.3) is 10.9 Å². The maximum absolute atomic E-state index is 12.6. The number of H-pyrrole nitrogens is 2. The highest BCUT2D eigenvalue weighted by Crippen LogP contribution is 2.16. The van der Waals surface area contributed by atoms with Gasteiger partial charge in [0.1, 0.15) is 0 Å². The molecular formula is C18H20N4O4S. The molecule has 0 aliphatic rings. The van der Waals surface area contributed by atoms with Gasteiger partial charge in [0.15, 0.2) is 0 Å². The largest absolute Gasteiger partial charge is 0.371 e. The summed E-state index contributed by atoms with van der Waals surface area (Å²) in [5.74, 6) is 0. The molecule has 0 amide bonds. The van der Waals surface area contributed by atoms with E-state index in [0.29, 0.717) is 0 Å². The molecule has 0 aliphatic carbocycles. The topological polar surface area (TPSA) is 115 Å². The molecule has 0 bridgehead atoms. The lowest BCUT2D eigenvalue weighted by Crippen LogP contribution is -2.40. The van der Waals surface area contributed by atoms with E-state index in [2.05, 4.69) is 14.7 Å². The number of rotatable bonds is 6. The van der Waals surface area contributed by atoms with Crippen LogP contribution in [0.4, 0.5) is 5.69 Å². The van der Waals surface area contributed by atoms with Crippen molar-refractivity contribution in [3.63, 3.8) is 0 Å². The Hall–Kier alpha value is -2.91. The van der Waals surface area contributed by atoms with E-state index < -0.39 is 21.3 Å². The summed E-state index contributed by atoms with van der Waals surface area (Å²) < 4.78 is 27.8.